The van der Waals surface area contributed by atoms with E-state index in [9.17, 15) is 4.39 Å². The van der Waals surface area contributed by atoms with Crippen molar-refractivity contribution in [3.63, 3.8) is 0 Å². The number of aryl methyl sites for hydroxylation is 1. The number of hydrogen-bond acceptors (Lipinski definition) is 2. The van der Waals surface area contributed by atoms with Crippen molar-refractivity contribution >= 4 is 11.6 Å². The van der Waals surface area contributed by atoms with E-state index in [-0.39, 0.29) is 22.9 Å². The van der Waals surface area contributed by atoms with Crippen molar-refractivity contribution in [3.05, 3.63) is 71.0 Å². The molecule has 0 bridgehead atoms. The number of nitrogens with zero attached hydrogens (tertiary/aromatic N) is 1. The summed E-state index contributed by atoms with van der Waals surface area (Å²) < 4.78 is 13.5. The van der Waals surface area contributed by atoms with Gasteiger partial charge in [-0.15, -0.1) is 11.6 Å². The average molecular weight is 387 g/mol. The third-order valence-electron chi connectivity index (χ3n) is 6.71. The van der Waals surface area contributed by atoms with Gasteiger partial charge in [0, 0.05) is 18.1 Å². The van der Waals surface area contributed by atoms with Crippen molar-refractivity contribution in [2.75, 3.05) is 6.54 Å². The van der Waals surface area contributed by atoms with Crippen LogP contribution in [0.15, 0.2) is 48.5 Å². The highest BCUT2D eigenvalue weighted by Gasteiger charge is 2.51. The molecular weight excluding hydrogens is 359 g/mol. The zero-order valence-electron chi connectivity index (χ0n) is 16.1. The Labute approximate surface area is 166 Å². The van der Waals surface area contributed by atoms with Crippen molar-refractivity contribution in [1.29, 1.82) is 0 Å². The number of hydrogen-bond donors (Lipinski definition) is 1. The fourth-order valence-electron chi connectivity index (χ4n) is 5.37. The van der Waals surface area contributed by atoms with Gasteiger partial charge in [-0.05, 0) is 54.5 Å². The molecule has 4 rings (SSSR count). The van der Waals surface area contributed by atoms with E-state index in [1.54, 1.807) is 12.1 Å². The average Bonchev–Trinajstić information content (AvgIpc) is 3.12. The van der Waals surface area contributed by atoms with Gasteiger partial charge in [0.05, 0.1) is 11.5 Å². The lowest BCUT2D eigenvalue weighted by atomic mass is 9.76. The Morgan fingerprint density at radius 2 is 1.81 bits per heavy atom. The van der Waals surface area contributed by atoms with Crippen LogP contribution >= 0.6 is 11.6 Å². The first kappa shape index (κ1) is 18.9. The van der Waals surface area contributed by atoms with Crippen LogP contribution in [0.1, 0.15) is 61.9 Å². The van der Waals surface area contributed by atoms with Crippen molar-refractivity contribution < 1.29 is 4.39 Å². The van der Waals surface area contributed by atoms with Crippen LogP contribution in [-0.4, -0.2) is 22.5 Å². The highest BCUT2D eigenvalue weighted by Crippen LogP contribution is 2.49. The lowest BCUT2D eigenvalue weighted by Gasteiger charge is -2.57. The summed E-state index contributed by atoms with van der Waals surface area (Å²) in [5, 5.41) is 3.68. The fourth-order valence-corrected chi connectivity index (χ4v) is 5.79. The molecule has 1 aliphatic carbocycles. The Morgan fingerprint density at radius 1 is 1.11 bits per heavy atom. The molecule has 4 heteroatoms. The maximum atomic E-state index is 13.5. The third-order valence-corrected chi connectivity index (χ3v) is 7.07. The van der Waals surface area contributed by atoms with E-state index in [1.807, 2.05) is 12.1 Å². The SMILES string of the molecule is CCC1(CC)C(c2ccc(F)cc2)NCC(Cl)N1C1CCc2ccccc21. The number of nitrogens with one attached hydrogen (secondary N) is 1. The molecule has 27 heavy (non-hydrogen) atoms. The van der Waals surface area contributed by atoms with Crippen LogP contribution in [-0.2, 0) is 6.42 Å². The number of benzene rings is 2. The van der Waals surface area contributed by atoms with Crippen molar-refractivity contribution in [1.82, 2.24) is 10.2 Å². The number of piperazine rings is 1. The van der Waals surface area contributed by atoms with Crippen LogP contribution in [0.5, 0.6) is 0 Å². The molecule has 1 heterocycles. The van der Waals surface area contributed by atoms with Crippen LogP contribution in [0, 0.1) is 5.82 Å². The Kier molecular flexibility index (Phi) is 5.28. The zero-order chi connectivity index (χ0) is 19.0. The van der Waals surface area contributed by atoms with E-state index >= 15 is 0 Å². The van der Waals surface area contributed by atoms with E-state index in [4.69, 9.17) is 11.6 Å². The summed E-state index contributed by atoms with van der Waals surface area (Å²) >= 11 is 6.95. The van der Waals surface area contributed by atoms with Crippen molar-refractivity contribution in [3.8, 4) is 0 Å². The summed E-state index contributed by atoms with van der Waals surface area (Å²) in [4.78, 5) is 2.57. The van der Waals surface area contributed by atoms with Gasteiger partial charge < -0.3 is 5.32 Å². The highest BCUT2D eigenvalue weighted by atomic mass is 35.5. The Bertz CT molecular complexity index is 787. The van der Waals surface area contributed by atoms with Gasteiger partial charge in [-0.3, -0.25) is 4.90 Å². The van der Waals surface area contributed by atoms with Gasteiger partial charge in [-0.2, -0.15) is 0 Å². The molecule has 1 fully saturated rings. The van der Waals surface area contributed by atoms with E-state index in [0.717, 1.165) is 37.8 Å². The first-order chi connectivity index (χ1) is 13.1. The summed E-state index contributed by atoms with van der Waals surface area (Å²) in [6.07, 6.45) is 4.19. The fraction of sp³-hybridized carbons (Fsp3) is 0.478. The quantitative estimate of drug-likeness (QED) is 0.544. The molecule has 3 atom stereocenters. The molecule has 1 aliphatic heterocycles. The third kappa shape index (κ3) is 3.10. The minimum Gasteiger partial charge on any atom is -0.306 e. The van der Waals surface area contributed by atoms with E-state index in [2.05, 4.69) is 48.3 Å². The van der Waals surface area contributed by atoms with Gasteiger partial charge in [-0.1, -0.05) is 50.2 Å². The molecule has 0 radical (unpaired) electrons. The van der Waals surface area contributed by atoms with Crippen LogP contribution < -0.4 is 5.32 Å². The second-order valence-electron chi connectivity index (χ2n) is 7.80. The molecular formula is C23H28ClFN2. The number of halogens is 2. The van der Waals surface area contributed by atoms with E-state index in [0.29, 0.717) is 6.04 Å². The smallest absolute Gasteiger partial charge is 0.123 e. The summed E-state index contributed by atoms with van der Waals surface area (Å²) in [5.74, 6) is -0.190. The Morgan fingerprint density at radius 3 is 2.52 bits per heavy atom. The first-order valence-corrected chi connectivity index (χ1v) is 10.5. The molecule has 2 aliphatic rings. The monoisotopic (exact) mass is 386 g/mol. The van der Waals surface area contributed by atoms with Crippen LogP contribution in [0.2, 0.25) is 0 Å². The number of rotatable bonds is 4. The molecule has 2 aromatic carbocycles. The molecule has 0 aromatic heterocycles. The molecule has 144 valence electrons. The van der Waals surface area contributed by atoms with Gasteiger partial charge in [0.25, 0.3) is 0 Å². The summed E-state index contributed by atoms with van der Waals surface area (Å²) in [5.41, 5.74) is 3.85. The maximum Gasteiger partial charge on any atom is 0.123 e. The second kappa shape index (κ2) is 7.54. The van der Waals surface area contributed by atoms with Crippen LogP contribution in [0.4, 0.5) is 4.39 Å². The first-order valence-electron chi connectivity index (χ1n) is 10.1. The van der Waals surface area contributed by atoms with Crippen LogP contribution in [0.25, 0.3) is 0 Å². The molecule has 0 saturated carbocycles. The highest BCUT2D eigenvalue weighted by molar-refractivity contribution is 6.20. The van der Waals surface area contributed by atoms with Gasteiger partial charge in [0.2, 0.25) is 0 Å². The Balaban J connectivity index is 1.78. The molecule has 2 nitrogen and oxygen atoms in total. The number of alkyl halides is 1. The summed E-state index contributed by atoms with van der Waals surface area (Å²) in [7, 11) is 0. The Hall–Kier alpha value is -1.42. The standard InChI is InChI=1S/C23H28ClFN2/c1-3-23(4-2)22(17-9-12-18(25)13-10-17)26-15-21(24)27(23)20-14-11-16-7-5-6-8-19(16)20/h5-10,12-13,20-22,26H,3-4,11,14-15H2,1-2H3. The second-order valence-corrected chi connectivity index (χ2v) is 8.30. The zero-order valence-corrected chi connectivity index (χ0v) is 16.8. The van der Waals surface area contributed by atoms with Gasteiger partial charge in [0.1, 0.15) is 5.82 Å². The van der Waals surface area contributed by atoms with Crippen molar-refractivity contribution in [2.45, 2.75) is 62.7 Å². The number of fused-ring (bicyclic) bond motifs is 1. The van der Waals surface area contributed by atoms with E-state index < -0.39 is 0 Å². The van der Waals surface area contributed by atoms with Crippen molar-refractivity contribution in [2.24, 2.45) is 0 Å². The normalized spacial score (nSPS) is 27.5. The van der Waals surface area contributed by atoms with Gasteiger partial charge in [0.15, 0.2) is 0 Å². The van der Waals surface area contributed by atoms with Gasteiger partial charge >= 0.3 is 0 Å². The predicted molar refractivity (Wildman–Crippen MR) is 109 cm³/mol. The lowest BCUT2D eigenvalue weighted by Crippen LogP contribution is -2.65. The molecule has 1 N–H and O–H groups in total. The minimum atomic E-state index is -0.190. The predicted octanol–water partition coefficient (Wildman–Crippen LogP) is 5.58. The summed E-state index contributed by atoms with van der Waals surface area (Å²) in [6, 6.07) is 16.2. The van der Waals surface area contributed by atoms with Gasteiger partial charge in [-0.25, -0.2) is 4.39 Å². The molecule has 2 aromatic rings. The maximum absolute atomic E-state index is 13.5. The van der Waals surface area contributed by atoms with Crippen LogP contribution in [0.3, 0.4) is 0 Å². The molecule has 0 amide bonds. The van der Waals surface area contributed by atoms with E-state index in [1.165, 1.54) is 11.1 Å². The lowest BCUT2D eigenvalue weighted by molar-refractivity contribution is -0.0371. The minimum absolute atomic E-state index is 0.0576. The summed E-state index contributed by atoms with van der Waals surface area (Å²) in [6.45, 7) is 5.24. The largest absolute Gasteiger partial charge is 0.306 e. The molecule has 3 unspecified atom stereocenters. The topological polar surface area (TPSA) is 15.3 Å². The molecule has 0 spiro atoms. The molecule has 1 saturated heterocycles.